The summed E-state index contributed by atoms with van der Waals surface area (Å²) in [5.74, 6) is -9.07. The highest BCUT2D eigenvalue weighted by Crippen LogP contribution is 2.15. The third-order valence-corrected chi connectivity index (χ3v) is 14.9. The SMILES string of the molecule is CC(C)C[C@H](NC(=O)[C@H](C)NC(=O)[C@H](CCCCN)NC(=O)[C@H](CC(C)C)NC(=O)[C@H](CC(C)C)NC(=O)[C@H](C)NC(=O)[C@H](CCCCN)NC(=O)[C@H](CC(C)C)NC(=O)[C@H](CC(C)C)NC(=O)[C@H](C)NC(=O)[C@H](CCCCN)NC(=O)[C@H](CC(C)C)NO)C(N)=O. The Balaban J connectivity index is 6.58. The number of amides is 12. The fraction of sp³-hybridized carbons (Fsp3) is 0.810. The van der Waals surface area contributed by atoms with Crippen LogP contribution in [-0.2, 0) is 57.5 Å². The molecule has 0 aliphatic rings. The monoisotopic (exact) mass is 1310 g/mol. The van der Waals surface area contributed by atoms with Gasteiger partial charge in [-0.3, -0.25) is 57.5 Å². The van der Waals surface area contributed by atoms with Crippen LogP contribution in [-0.4, -0.2) is 168 Å². The minimum Gasteiger partial charge on any atom is -0.368 e. The molecule has 29 nitrogen and oxygen atoms in total. The van der Waals surface area contributed by atoms with Crippen molar-refractivity contribution in [1.82, 2.24) is 64.0 Å². The van der Waals surface area contributed by atoms with E-state index in [1.807, 2.05) is 88.6 Å². The van der Waals surface area contributed by atoms with Gasteiger partial charge in [-0.25, -0.2) is 0 Å². The maximum Gasteiger partial charge on any atom is 0.243 e. The first kappa shape index (κ1) is 85.4. The molecule has 0 aromatic carbocycles. The summed E-state index contributed by atoms with van der Waals surface area (Å²) in [6.07, 6.45) is 4.22. The molecule has 21 N–H and O–H groups in total. The van der Waals surface area contributed by atoms with E-state index >= 15 is 0 Å². The molecule has 0 unspecified atom stereocenters. The molecule has 0 heterocycles. The molecule has 0 radical (unpaired) electrons. The summed E-state index contributed by atoms with van der Waals surface area (Å²) in [5, 5.41) is 39.2. The zero-order valence-electron chi connectivity index (χ0n) is 57.8. The topological polar surface area (TPSA) is 474 Å². The first-order chi connectivity index (χ1) is 43.0. The van der Waals surface area contributed by atoms with E-state index in [9.17, 15) is 62.7 Å². The number of hydrogen-bond donors (Lipinski definition) is 17. The second kappa shape index (κ2) is 45.7. The molecule has 0 aromatic rings. The Bertz CT molecular complexity index is 2320. The van der Waals surface area contributed by atoms with Crippen molar-refractivity contribution in [3.8, 4) is 0 Å². The fourth-order valence-electron chi connectivity index (χ4n) is 9.89. The van der Waals surface area contributed by atoms with E-state index in [1.165, 1.54) is 20.8 Å². The summed E-state index contributed by atoms with van der Waals surface area (Å²) in [4.78, 5) is 165. The van der Waals surface area contributed by atoms with Crippen molar-refractivity contribution in [1.29, 1.82) is 0 Å². The molecule has 530 valence electrons. The van der Waals surface area contributed by atoms with Gasteiger partial charge in [-0.15, -0.1) is 0 Å². The smallest absolute Gasteiger partial charge is 0.243 e. The van der Waals surface area contributed by atoms with Gasteiger partial charge in [0.05, 0.1) is 0 Å². The van der Waals surface area contributed by atoms with Gasteiger partial charge in [0.1, 0.15) is 72.5 Å². The Morgan fingerprint density at radius 2 is 0.446 bits per heavy atom. The number of carbonyl (C=O) groups is 12. The lowest BCUT2D eigenvalue weighted by Gasteiger charge is -2.29. The Labute approximate surface area is 546 Å². The molecule has 0 aliphatic carbocycles. The van der Waals surface area contributed by atoms with Crippen molar-refractivity contribution >= 4 is 70.9 Å². The standard InChI is InChI=1S/C63H120N16O13/c1-34(2)28-46(52(67)80)74-53(81)40(13)68-56(84)43(22-16-19-25-64)71-59(87)49(31-37(7)8)77-61(89)47(29-35(3)4)75-54(82)41(14)69-57(85)44(23-17-20-26-65)72-60(88)50(32-38(9)10)78-62(90)48(30-36(5)6)76-55(83)42(15)70-58(86)45(24-18-21-27-66)73-63(91)51(79-92)33-39(11)12/h34-51,79,92H,16-33,64-66H2,1-15H3,(H2,67,80)(H,68,84)(H,69,85)(H,70,86)(H,71,87)(H,72,88)(H,73,91)(H,74,81)(H,75,82)(H,76,83)(H,77,89)(H,78,90)/t40-,41-,42-,43-,44-,45-,46-,47-,48-,49-,50-,51-/m0/s1. The lowest BCUT2D eigenvalue weighted by Crippen LogP contribution is -2.60. The van der Waals surface area contributed by atoms with Crippen molar-refractivity contribution in [2.24, 2.45) is 58.4 Å². The quantitative estimate of drug-likeness (QED) is 0.0279. The Hall–Kier alpha value is -6.56. The van der Waals surface area contributed by atoms with E-state index < -0.39 is 143 Å². The second-order valence-corrected chi connectivity index (χ2v) is 26.9. The highest BCUT2D eigenvalue weighted by atomic mass is 16.5. The molecule has 0 rings (SSSR count). The van der Waals surface area contributed by atoms with Crippen LogP contribution in [0.25, 0.3) is 0 Å². The maximum atomic E-state index is 14.3. The van der Waals surface area contributed by atoms with Gasteiger partial charge < -0.3 is 86.6 Å². The molecule has 29 heteroatoms. The van der Waals surface area contributed by atoms with Crippen LogP contribution in [0, 0.1) is 35.5 Å². The van der Waals surface area contributed by atoms with Crippen LogP contribution in [0.5, 0.6) is 0 Å². The summed E-state index contributed by atoms with van der Waals surface area (Å²) >= 11 is 0. The zero-order chi connectivity index (χ0) is 70.5. The van der Waals surface area contributed by atoms with Crippen LogP contribution < -0.4 is 86.9 Å². The van der Waals surface area contributed by atoms with Gasteiger partial charge in [0.25, 0.3) is 0 Å². The molecule has 0 aliphatic heterocycles. The van der Waals surface area contributed by atoms with Gasteiger partial charge in [-0.2, -0.15) is 5.48 Å². The fourth-order valence-corrected chi connectivity index (χ4v) is 9.89. The Morgan fingerprint density at radius 3 is 0.663 bits per heavy atom. The lowest BCUT2D eigenvalue weighted by atomic mass is 9.99. The molecule has 0 fully saturated rings. The number of unbranched alkanes of at least 4 members (excludes halogenated alkanes) is 3. The summed E-state index contributed by atoms with van der Waals surface area (Å²) in [5.41, 5.74) is 24.7. The summed E-state index contributed by atoms with van der Waals surface area (Å²) in [7, 11) is 0. The number of hydroxylamine groups is 1. The molecular formula is C63H120N16O13. The van der Waals surface area contributed by atoms with Crippen molar-refractivity contribution in [2.45, 2.75) is 273 Å². The van der Waals surface area contributed by atoms with E-state index in [2.05, 4.69) is 58.5 Å². The molecule has 0 saturated heterocycles. The van der Waals surface area contributed by atoms with E-state index in [0.717, 1.165) is 0 Å². The maximum absolute atomic E-state index is 14.3. The van der Waals surface area contributed by atoms with Gasteiger partial charge in [-0.1, -0.05) is 83.1 Å². The predicted molar refractivity (Wildman–Crippen MR) is 352 cm³/mol. The van der Waals surface area contributed by atoms with Gasteiger partial charge in [0, 0.05) is 0 Å². The van der Waals surface area contributed by atoms with Crippen molar-refractivity contribution in [2.75, 3.05) is 19.6 Å². The van der Waals surface area contributed by atoms with Crippen LogP contribution in [0.15, 0.2) is 0 Å². The number of nitrogens with one attached hydrogen (secondary N) is 12. The van der Waals surface area contributed by atoms with Gasteiger partial charge in [-0.05, 0) is 172 Å². The van der Waals surface area contributed by atoms with Gasteiger partial charge >= 0.3 is 0 Å². The van der Waals surface area contributed by atoms with Crippen LogP contribution >= 0.6 is 0 Å². The van der Waals surface area contributed by atoms with E-state index in [1.54, 1.807) is 0 Å². The van der Waals surface area contributed by atoms with Crippen LogP contribution in [0.1, 0.15) is 200 Å². The number of primary amides is 1. The second-order valence-electron chi connectivity index (χ2n) is 26.9. The summed E-state index contributed by atoms with van der Waals surface area (Å²) in [6.45, 7) is 27.2. The van der Waals surface area contributed by atoms with Gasteiger partial charge in [0.2, 0.25) is 70.9 Å². The van der Waals surface area contributed by atoms with E-state index in [-0.39, 0.29) is 99.8 Å². The third-order valence-electron chi connectivity index (χ3n) is 14.9. The number of rotatable bonds is 48. The average molecular weight is 1310 g/mol. The zero-order valence-corrected chi connectivity index (χ0v) is 57.8. The third kappa shape index (κ3) is 35.5. The average Bonchev–Trinajstić information content (AvgIpc) is 1.01. The molecule has 12 atom stereocenters. The van der Waals surface area contributed by atoms with Crippen LogP contribution in [0.3, 0.4) is 0 Å². The number of carbonyl (C=O) groups excluding carboxylic acids is 12. The molecule has 0 aromatic heterocycles. The largest absolute Gasteiger partial charge is 0.368 e. The van der Waals surface area contributed by atoms with Crippen LogP contribution in [0.4, 0.5) is 0 Å². The number of nitrogens with two attached hydrogens (primary N) is 4. The highest BCUT2D eigenvalue weighted by molar-refractivity contribution is 5.99. The molecule has 0 saturated carbocycles. The van der Waals surface area contributed by atoms with Crippen molar-refractivity contribution < 1.29 is 62.7 Å². The lowest BCUT2D eigenvalue weighted by molar-refractivity contribution is -0.136. The Morgan fingerprint density at radius 1 is 0.261 bits per heavy atom. The number of hydrogen-bond acceptors (Lipinski definition) is 17. The van der Waals surface area contributed by atoms with Gasteiger partial charge in [0.15, 0.2) is 0 Å². The van der Waals surface area contributed by atoms with Crippen molar-refractivity contribution in [3.05, 3.63) is 0 Å². The molecule has 12 amide bonds. The van der Waals surface area contributed by atoms with E-state index in [0.29, 0.717) is 51.6 Å². The predicted octanol–water partition coefficient (Wildman–Crippen LogP) is -0.125. The molecule has 0 spiro atoms. The summed E-state index contributed by atoms with van der Waals surface area (Å²) < 4.78 is 0. The first-order valence-corrected chi connectivity index (χ1v) is 33.1. The first-order valence-electron chi connectivity index (χ1n) is 33.1. The minimum atomic E-state index is -1.28. The normalized spacial score (nSPS) is 15.5. The van der Waals surface area contributed by atoms with Crippen molar-refractivity contribution in [3.63, 3.8) is 0 Å². The van der Waals surface area contributed by atoms with E-state index in [4.69, 9.17) is 22.9 Å². The molecular weight excluding hydrogens is 1190 g/mol. The Kier molecular flexibility index (Phi) is 42.4. The molecule has 92 heavy (non-hydrogen) atoms. The highest BCUT2D eigenvalue weighted by Gasteiger charge is 2.36. The molecule has 0 bridgehead atoms. The van der Waals surface area contributed by atoms with Crippen LogP contribution in [0.2, 0.25) is 0 Å². The minimum absolute atomic E-state index is 0.0272. The summed E-state index contributed by atoms with van der Waals surface area (Å²) in [6, 6.07) is -13.9.